The molecule has 0 radical (unpaired) electrons. The molecule has 0 fully saturated rings. The third kappa shape index (κ3) is 3.36. The van der Waals surface area contributed by atoms with E-state index in [1.807, 2.05) is 24.3 Å². The number of Topliss-reactive ketones (excluding diaryl/α,β-unsaturated/α-hetero) is 1. The average Bonchev–Trinajstić information content (AvgIpc) is 2.64. The van der Waals surface area contributed by atoms with Gasteiger partial charge in [0.15, 0.2) is 5.78 Å². The Morgan fingerprint density at radius 3 is 2.27 bits per heavy atom. The number of carbonyl (C=O) groups excluding carboxylic acids is 1. The minimum absolute atomic E-state index is 0.124. The summed E-state index contributed by atoms with van der Waals surface area (Å²) in [6.45, 7) is 4.12. The highest BCUT2D eigenvalue weighted by Gasteiger charge is 2.28. The molecule has 4 nitrogen and oxygen atoms in total. The number of carbonyl (C=O) groups is 1. The first-order chi connectivity index (χ1) is 12.6. The lowest BCUT2D eigenvalue weighted by atomic mass is 9.82. The number of rotatable bonds is 3. The molecule has 1 N–H and O–H groups in total. The molecule has 0 bridgehead atoms. The Kier molecular flexibility index (Phi) is 4.25. The molecule has 130 valence electrons. The van der Waals surface area contributed by atoms with E-state index in [4.69, 9.17) is 0 Å². The van der Waals surface area contributed by atoms with Gasteiger partial charge in [0.25, 0.3) is 0 Å². The van der Waals surface area contributed by atoms with E-state index >= 15 is 0 Å². The molecule has 4 heteroatoms. The SMILES string of the molecule is Cc1ccc(Nc2ncc3c(n2)C[C@H](c2ccc(C)cc2)CC3=O)cc1. The zero-order valence-electron chi connectivity index (χ0n) is 15.0. The molecule has 2 aromatic carbocycles. The number of aryl methyl sites for hydroxylation is 2. The quantitative estimate of drug-likeness (QED) is 0.745. The van der Waals surface area contributed by atoms with Crippen molar-refractivity contribution in [1.29, 1.82) is 0 Å². The molecule has 1 aliphatic rings. The average molecular weight is 343 g/mol. The lowest BCUT2D eigenvalue weighted by Crippen LogP contribution is -2.21. The number of fused-ring (bicyclic) bond motifs is 1. The van der Waals surface area contributed by atoms with Crippen LogP contribution in [0.5, 0.6) is 0 Å². The zero-order valence-corrected chi connectivity index (χ0v) is 15.0. The highest BCUT2D eigenvalue weighted by molar-refractivity contribution is 5.98. The van der Waals surface area contributed by atoms with Crippen molar-refractivity contribution in [3.63, 3.8) is 0 Å². The van der Waals surface area contributed by atoms with Gasteiger partial charge in [0.05, 0.1) is 11.3 Å². The minimum atomic E-state index is 0.124. The van der Waals surface area contributed by atoms with Gasteiger partial charge in [0, 0.05) is 18.3 Å². The molecule has 1 aliphatic carbocycles. The molecule has 4 rings (SSSR count). The summed E-state index contributed by atoms with van der Waals surface area (Å²) >= 11 is 0. The molecule has 1 heterocycles. The van der Waals surface area contributed by atoms with Crippen LogP contribution in [0, 0.1) is 13.8 Å². The van der Waals surface area contributed by atoms with E-state index in [2.05, 4.69) is 53.4 Å². The van der Waals surface area contributed by atoms with Crippen LogP contribution in [0.15, 0.2) is 54.7 Å². The molecule has 0 saturated heterocycles. The van der Waals surface area contributed by atoms with Gasteiger partial charge in [-0.1, -0.05) is 47.5 Å². The third-order valence-electron chi connectivity index (χ3n) is 4.90. The Morgan fingerprint density at radius 2 is 1.58 bits per heavy atom. The normalized spacial score (nSPS) is 16.2. The Morgan fingerprint density at radius 1 is 0.923 bits per heavy atom. The second-order valence-electron chi connectivity index (χ2n) is 6.98. The summed E-state index contributed by atoms with van der Waals surface area (Å²) in [6.07, 6.45) is 2.94. The van der Waals surface area contributed by atoms with Gasteiger partial charge in [-0.25, -0.2) is 9.97 Å². The van der Waals surface area contributed by atoms with E-state index < -0.39 is 0 Å². The summed E-state index contributed by atoms with van der Waals surface area (Å²) in [6, 6.07) is 16.5. The van der Waals surface area contributed by atoms with Gasteiger partial charge in [0.2, 0.25) is 5.95 Å². The Labute approximate surface area is 153 Å². The van der Waals surface area contributed by atoms with Crippen molar-refractivity contribution in [3.8, 4) is 0 Å². The van der Waals surface area contributed by atoms with Gasteiger partial charge in [0.1, 0.15) is 0 Å². The Hall–Kier alpha value is -3.01. The van der Waals surface area contributed by atoms with Crippen molar-refractivity contribution >= 4 is 17.4 Å². The second kappa shape index (κ2) is 6.71. The number of aromatic nitrogens is 2. The third-order valence-corrected chi connectivity index (χ3v) is 4.90. The highest BCUT2D eigenvalue weighted by Crippen LogP contribution is 2.32. The number of nitrogens with zero attached hydrogens (tertiary/aromatic N) is 2. The fourth-order valence-corrected chi connectivity index (χ4v) is 3.35. The number of hydrogen-bond acceptors (Lipinski definition) is 4. The molecule has 0 saturated carbocycles. The molecular formula is C22H21N3O. The number of ketones is 1. The van der Waals surface area contributed by atoms with Gasteiger partial charge < -0.3 is 5.32 Å². The highest BCUT2D eigenvalue weighted by atomic mass is 16.1. The first-order valence-electron chi connectivity index (χ1n) is 8.88. The molecule has 0 spiro atoms. The molecule has 0 aliphatic heterocycles. The summed E-state index contributed by atoms with van der Waals surface area (Å²) in [5, 5.41) is 3.22. The van der Waals surface area contributed by atoms with Crippen molar-refractivity contribution < 1.29 is 4.79 Å². The van der Waals surface area contributed by atoms with E-state index in [0.717, 1.165) is 17.8 Å². The maximum absolute atomic E-state index is 12.5. The lowest BCUT2D eigenvalue weighted by Gasteiger charge is -2.23. The Bertz CT molecular complexity index is 946. The van der Waals surface area contributed by atoms with Crippen molar-refractivity contribution in [2.24, 2.45) is 0 Å². The van der Waals surface area contributed by atoms with E-state index in [1.165, 1.54) is 16.7 Å². The number of anilines is 2. The minimum Gasteiger partial charge on any atom is -0.324 e. The molecule has 0 unspecified atom stereocenters. The summed E-state index contributed by atoms with van der Waals surface area (Å²) in [5.41, 5.74) is 6.05. The fraction of sp³-hybridized carbons (Fsp3) is 0.227. The van der Waals surface area contributed by atoms with Gasteiger partial charge >= 0.3 is 0 Å². The van der Waals surface area contributed by atoms with Gasteiger partial charge in [-0.3, -0.25) is 4.79 Å². The van der Waals surface area contributed by atoms with E-state index in [9.17, 15) is 4.79 Å². The second-order valence-corrected chi connectivity index (χ2v) is 6.98. The molecule has 1 atom stereocenters. The summed E-state index contributed by atoms with van der Waals surface area (Å²) in [7, 11) is 0. The van der Waals surface area contributed by atoms with Gasteiger partial charge in [-0.15, -0.1) is 0 Å². The lowest BCUT2D eigenvalue weighted by molar-refractivity contribution is 0.0962. The van der Waals surface area contributed by atoms with Crippen LogP contribution in [0.1, 0.15) is 45.1 Å². The number of hydrogen-bond donors (Lipinski definition) is 1. The first-order valence-corrected chi connectivity index (χ1v) is 8.88. The largest absolute Gasteiger partial charge is 0.324 e. The van der Waals surface area contributed by atoms with Crippen LogP contribution in [-0.2, 0) is 6.42 Å². The van der Waals surface area contributed by atoms with Crippen LogP contribution < -0.4 is 5.32 Å². The maximum atomic E-state index is 12.5. The van der Waals surface area contributed by atoms with Gasteiger partial charge in [-0.05, 0) is 43.9 Å². The predicted molar refractivity (Wildman–Crippen MR) is 103 cm³/mol. The Balaban J connectivity index is 1.60. The fourth-order valence-electron chi connectivity index (χ4n) is 3.35. The topological polar surface area (TPSA) is 54.9 Å². The zero-order chi connectivity index (χ0) is 18.1. The molecule has 1 aromatic heterocycles. The van der Waals surface area contributed by atoms with Crippen LogP contribution in [0.2, 0.25) is 0 Å². The maximum Gasteiger partial charge on any atom is 0.227 e. The molecular weight excluding hydrogens is 322 g/mol. The van der Waals surface area contributed by atoms with Crippen LogP contribution in [0.25, 0.3) is 0 Å². The van der Waals surface area contributed by atoms with Crippen molar-refractivity contribution in [1.82, 2.24) is 9.97 Å². The predicted octanol–water partition coefficient (Wildman–Crippen LogP) is 4.75. The van der Waals surface area contributed by atoms with Crippen molar-refractivity contribution in [3.05, 3.63) is 82.7 Å². The number of benzene rings is 2. The van der Waals surface area contributed by atoms with Crippen molar-refractivity contribution in [2.45, 2.75) is 32.6 Å². The van der Waals surface area contributed by atoms with Crippen LogP contribution in [-0.4, -0.2) is 15.8 Å². The first kappa shape index (κ1) is 16.5. The molecule has 0 amide bonds. The molecule has 26 heavy (non-hydrogen) atoms. The van der Waals surface area contributed by atoms with E-state index in [0.29, 0.717) is 17.9 Å². The summed E-state index contributed by atoms with van der Waals surface area (Å²) in [5.74, 6) is 0.835. The smallest absolute Gasteiger partial charge is 0.227 e. The van der Waals surface area contributed by atoms with Crippen molar-refractivity contribution in [2.75, 3.05) is 5.32 Å². The summed E-state index contributed by atoms with van der Waals surface area (Å²) in [4.78, 5) is 21.5. The van der Waals surface area contributed by atoms with Crippen LogP contribution >= 0.6 is 0 Å². The molecule has 3 aromatic rings. The van der Waals surface area contributed by atoms with Crippen LogP contribution in [0.4, 0.5) is 11.6 Å². The monoisotopic (exact) mass is 343 g/mol. The van der Waals surface area contributed by atoms with Gasteiger partial charge in [-0.2, -0.15) is 0 Å². The summed E-state index contributed by atoms with van der Waals surface area (Å²) < 4.78 is 0. The standard InChI is InChI=1S/C22H21N3O/c1-14-3-7-16(8-4-14)17-11-20-19(21(26)12-17)13-23-22(25-20)24-18-9-5-15(2)6-10-18/h3-10,13,17H,11-12H2,1-2H3,(H,23,24,25)/t17-/m0/s1. The van der Waals surface area contributed by atoms with E-state index in [1.54, 1.807) is 6.20 Å². The van der Waals surface area contributed by atoms with E-state index in [-0.39, 0.29) is 11.7 Å². The number of nitrogens with one attached hydrogen (secondary N) is 1. The van der Waals surface area contributed by atoms with Crippen LogP contribution in [0.3, 0.4) is 0 Å².